The van der Waals surface area contributed by atoms with Gasteiger partial charge in [-0.3, -0.25) is 9.59 Å². The molecule has 0 aliphatic carbocycles. The van der Waals surface area contributed by atoms with Crippen LogP contribution in [0.15, 0.2) is 24.3 Å². The summed E-state index contributed by atoms with van der Waals surface area (Å²) in [6, 6.07) is 7.10. The van der Waals surface area contributed by atoms with E-state index in [1.165, 1.54) is 0 Å². The first-order valence-corrected chi connectivity index (χ1v) is 8.19. The summed E-state index contributed by atoms with van der Waals surface area (Å²) in [5.41, 5.74) is -0.0428. The van der Waals surface area contributed by atoms with Gasteiger partial charge in [-0.1, -0.05) is 20.8 Å². The monoisotopic (exact) mass is 336 g/mol. The van der Waals surface area contributed by atoms with Crippen LogP contribution in [0.2, 0.25) is 0 Å². The lowest BCUT2D eigenvalue weighted by Gasteiger charge is -2.17. The lowest BCUT2D eigenvalue weighted by Crippen LogP contribution is -2.37. The fourth-order valence-electron chi connectivity index (χ4n) is 1.95. The molecule has 0 fully saturated rings. The first-order valence-electron chi connectivity index (χ1n) is 8.19. The van der Waals surface area contributed by atoms with E-state index in [0.29, 0.717) is 31.9 Å². The van der Waals surface area contributed by atoms with Crippen molar-refractivity contribution in [1.82, 2.24) is 10.6 Å². The van der Waals surface area contributed by atoms with Crippen molar-refractivity contribution in [3.8, 4) is 11.5 Å². The number of hydrogen-bond acceptors (Lipinski definition) is 4. The van der Waals surface area contributed by atoms with Crippen molar-refractivity contribution in [3.63, 3.8) is 0 Å². The number of rotatable bonds is 9. The summed E-state index contributed by atoms with van der Waals surface area (Å²) in [7, 11) is 0. The molecule has 24 heavy (non-hydrogen) atoms. The molecule has 2 amide bonds. The highest BCUT2D eigenvalue weighted by atomic mass is 16.5. The summed E-state index contributed by atoms with van der Waals surface area (Å²) in [6.07, 6.45) is 0.460. The number of ether oxygens (including phenoxy) is 2. The summed E-state index contributed by atoms with van der Waals surface area (Å²) in [5, 5.41) is 5.48. The fourth-order valence-corrected chi connectivity index (χ4v) is 1.95. The first-order chi connectivity index (χ1) is 11.3. The second kappa shape index (κ2) is 9.80. The molecule has 1 rings (SSSR count). The van der Waals surface area contributed by atoms with Gasteiger partial charge in [-0.15, -0.1) is 0 Å². The minimum Gasteiger partial charge on any atom is -0.494 e. The van der Waals surface area contributed by atoms with Gasteiger partial charge in [0.2, 0.25) is 5.91 Å². The van der Waals surface area contributed by atoms with Gasteiger partial charge in [0, 0.05) is 19.5 Å². The minimum absolute atomic E-state index is 0.0117. The number of benzene rings is 1. The molecule has 0 spiro atoms. The zero-order chi connectivity index (χ0) is 18.0. The number of nitrogens with one attached hydrogen (secondary N) is 2. The number of carbonyl (C=O) groups excluding carboxylic acids is 2. The highest BCUT2D eigenvalue weighted by Crippen LogP contribution is 2.18. The fraction of sp³-hybridized carbons (Fsp3) is 0.556. The van der Waals surface area contributed by atoms with Crippen LogP contribution in [0.1, 0.15) is 34.1 Å². The smallest absolute Gasteiger partial charge is 0.258 e. The third kappa shape index (κ3) is 9.02. The quantitative estimate of drug-likeness (QED) is 0.677. The molecule has 0 bridgehead atoms. The molecule has 6 nitrogen and oxygen atoms in total. The molecular formula is C18H28N2O4. The Morgan fingerprint density at radius 1 is 0.917 bits per heavy atom. The molecular weight excluding hydrogens is 308 g/mol. The van der Waals surface area contributed by atoms with Crippen LogP contribution in [0.25, 0.3) is 0 Å². The molecule has 0 aliphatic rings. The van der Waals surface area contributed by atoms with E-state index in [4.69, 9.17) is 9.47 Å². The highest BCUT2D eigenvalue weighted by Gasteiger charge is 2.15. The van der Waals surface area contributed by atoms with Gasteiger partial charge in [0.1, 0.15) is 11.5 Å². The topological polar surface area (TPSA) is 76.7 Å². The highest BCUT2D eigenvalue weighted by molar-refractivity contribution is 5.78. The zero-order valence-electron chi connectivity index (χ0n) is 15.0. The SMILES string of the molecule is CCOc1ccc(OCC(=O)NCCNC(=O)CC(C)(C)C)cc1. The Morgan fingerprint density at radius 3 is 1.92 bits per heavy atom. The maximum Gasteiger partial charge on any atom is 0.258 e. The zero-order valence-corrected chi connectivity index (χ0v) is 15.0. The van der Waals surface area contributed by atoms with E-state index in [2.05, 4.69) is 10.6 Å². The van der Waals surface area contributed by atoms with Gasteiger partial charge in [-0.25, -0.2) is 0 Å². The second-order valence-electron chi connectivity index (χ2n) is 6.63. The van der Waals surface area contributed by atoms with Crippen LogP contribution in [0.5, 0.6) is 11.5 Å². The molecule has 0 atom stereocenters. The average molecular weight is 336 g/mol. The standard InChI is InChI=1S/C18H28N2O4/c1-5-23-14-6-8-15(9-7-14)24-13-17(22)20-11-10-19-16(21)12-18(2,3)4/h6-9H,5,10-13H2,1-4H3,(H,19,21)(H,20,22). The van der Waals surface area contributed by atoms with Gasteiger partial charge in [0.25, 0.3) is 5.91 Å². The van der Waals surface area contributed by atoms with Gasteiger partial charge >= 0.3 is 0 Å². The Hall–Kier alpha value is -2.24. The predicted octanol–water partition coefficient (Wildman–Crippen LogP) is 2.13. The normalized spacial score (nSPS) is 10.8. The molecule has 2 N–H and O–H groups in total. The van der Waals surface area contributed by atoms with E-state index in [1.54, 1.807) is 24.3 Å². The maximum absolute atomic E-state index is 11.7. The van der Waals surface area contributed by atoms with Crippen LogP contribution in [-0.4, -0.2) is 38.1 Å². The summed E-state index contributed by atoms with van der Waals surface area (Å²) < 4.78 is 10.7. The molecule has 0 saturated carbocycles. The van der Waals surface area contributed by atoms with Gasteiger partial charge in [-0.2, -0.15) is 0 Å². The molecule has 1 aromatic rings. The Morgan fingerprint density at radius 2 is 1.42 bits per heavy atom. The van der Waals surface area contributed by atoms with Crippen LogP contribution < -0.4 is 20.1 Å². The summed E-state index contributed by atoms with van der Waals surface area (Å²) >= 11 is 0. The summed E-state index contributed by atoms with van der Waals surface area (Å²) in [5.74, 6) is 1.13. The van der Waals surface area contributed by atoms with E-state index in [9.17, 15) is 9.59 Å². The largest absolute Gasteiger partial charge is 0.494 e. The van der Waals surface area contributed by atoms with Crippen molar-refractivity contribution in [1.29, 1.82) is 0 Å². The molecule has 0 unspecified atom stereocenters. The summed E-state index contributed by atoms with van der Waals surface area (Å²) in [6.45, 7) is 9.26. The van der Waals surface area contributed by atoms with E-state index in [-0.39, 0.29) is 23.8 Å². The van der Waals surface area contributed by atoms with Crippen molar-refractivity contribution in [2.45, 2.75) is 34.1 Å². The molecule has 6 heteroatoms. The predicted molar refractivity (Wildman–Crippen MR) is 93.2 cm³/mol. The van der Waals surface area contributed by atoms with Crippen LogP contribution in [0.3, 0.4) is 0 Å². The molecule has 1 aromatic carbocycles. The number of amides is 2. The second-order valence-corrected chi connectivity index (χ2v) is 6.63. The third-order valence-electron chi connectivity index (χ3n) is 2.96. The van der Waals surface area contributed by atoms with Crippen molar-refractivity contribution in [2.75, 3.05) is 26.3 Å². The van der Waals surface area contributed by atoms with Gasteiger partial charge in [-0.05, 0) is 36.6 Å². The van der Waals surface area contributed by atoms with E-state index < -0.39 is 0 Å². The van der Waals surface area contributed by atoms with E-state index in [1.807, 2.05) is 27.7 Å². The van der Waals surface area contributed by atoms with Crippen molar-refractivity contribution in [2.24, 2.45) is 5.41 Å². The minimum atomic E-state index is -0.228. The molecule has 0 aliphatic heterocycles. The Bertz CT molecular complexity index is 521. The lowest BCUT2D eigenvalue weighted by atomic mass is 9.92. The Kier molecular flexibility index (Phi) is 8.09. The average Bonchev–Trinajstić information content (AvgIpc) is 2.49. The van der Waals surface area contributed by atoms with E-state index in [0.717, 1.165) is 5.75 Å². The summed E-state index contributed by atoms with van der Waals surface area (Å²) in [4.78, 5) is 23.3. The Balaban J connectivity index is 2.17. The molecule has 134 valence electrons. The lowest BCUT2D eigenvalue weighted by molar-refractivity contribution is -0.124. The Labute approximate surface area is 143 Å². The van der Waals surface area contributed by atoms with Crippen LogP contribution >= 0.6 is 0 Å². The van der Waals surface area contributed by atoms with E-state index >= 15 is 0 Å². The number of carbonyl (C=O) groups is 2. The van der Waals surface area contributed by atoms with Crippen LogP contribution in [0.4, 0.5) is 0 Å². The van der Waals surface area contributed by atoms with Gasteiger partial charge < -0.3 is 20.1 Å². The first kappa shape index (κ1) is 19.8. The molecule has 0 heterocycles. The van der Waals surface area contributed by atoms with Crippen molar-refractivity contribution >= 4 is 11.8 Å². The molecule has 0 aromatic heterocycles. The third-order valence-corrected chi connectivity index (χ3v) is 2.96. The van der Waals surface area contributed by atoms with Gasteiger partial charge in [0.05, 0.1) is 6.61 Å². The maximum atomic E-state index is 11.7. The van der Waals surface area contributed by atoms with Crippen LogP contribution in [-0.2, 0) is 9.59 Å². The van der Waals surface area contributed by atoms with Crippen molar-refractivity contribution in [3.05, 3.63) is 24.3 Å². The number of hydrogen-bond donors (Lipinski definition) is 2. The van der Waals surface area contributed by atoms with Crippen LogP contribution in [0, 0.1) is 5.41 Å². The molecule has 0 radical (unpaired) electrons. The molecule has 0 saturated heterocycles. The van der Waals surface area contributed by atoms with Crippen molar-refractivity contribution < 1.29 is 19.1 Å². The van der Waals surface area contributed by atoms with Gasteiger partial charge in [0.15, 0.2) is 6.61 Å².